The molecule has 2 N–H and O–H groups in total. The maximum Gasteiger partial charge on any atom is 0.322 e. The van der Waals surface area contributed by atoms with Crippen LogP contribution in [0, 0.1) is 5.82 Å². The van der Waals surface area contributed by atoms with Crippen molar-refractivity contribution in [1.29, 1.82) is 0 Å². The van der Waals surface area contributed by atoms with Crippen molar-refractivity contribution >= 4 is 23.3 Å². The lowest BCUT2D eigenvalue weighted by Gasteiger charge is -2.35. The van der Waals surface area contributed by atoms with E-state index in [0.717, 1.165) is 11.1 Å². The Labute approximate surface area is 157 Å². The van der Waals surface area contributed by atoms with E-state index >= 15 is 0 Å². The second-order valence-corrected chi connectivity index (χ2v) is 6.49. The van der Waals surface area contributed by atoms with Gasteiger partial charge in [0.2, 0.25) is 5.91 Å². The molecule has 0 unspecified atom stereocenters. The molecule has 3 rings (SSSR count). The van der Waals surface area contributed by atoms with Crippen LogP contribution in [-0.4, -0.2) is 30.5 Å². The molecule has 3 amide bonds. The van der Waals surface area contributed by atoms with E-state index in [0.29, 0.717) is 30.1 Å². The molecular weight excluding hydrogens is 349 g/mol. The molecule has 0 aromatic heterocycles. The fraction of sp³-hybridized carbons (Fsp3) is 0.300. The summed E-state index contributed by atoms with van der Waals surface area (Å²) >= 11 is 0. The number of carbonyl (C=O) groups excluding carboxylic acids is 2. The second kappa shape index (κ2) is 7.65. The zero-order chi connectivity index (χ0) is 19.6. The molecule has 0 aliphatic carbocycles. The SMILES string of the molecule is COc1ccc(NC(=O)N2CCc3ccc(F)cc3[C@H]2C)cc1NC(C)=O. The van der Waals surface area contributed by atoms with Gasteiger partial charge in [-0.1, -0.05) is 6.07 Å². The third-order valence-electron chi connectivity index (χ3n) is 4.67. The summed E-state index contributed by atoms with van der Waals surface area (Å²) in [5.41, 5.74) is 2.89. The van der Waals surface area contributed by atoms with E-state index in [4.69, 9.17) is 4.74 Å². The first-order valence-electron chi connectivity index (χ1n) is 8.70. The van der Waals surface area contributed by atoms with E-state index in [1.165, 1.54) is 26.2 Å². The van der Waals surface area contributed by atoms with Crippen LogP contribution in [0.5, 0.6) is 5.75 Å². The minimum atomic E-state index is -0.307. The van der Waals surface area contributed by atoms with Crippen LogP contribution in [0.3, 0.4) is 0 Å². The minimum Gasteiger partial charge on any atom is -0.495 e. The van der Waals surface area contributed by atoms with E-state index < -0.39 is 0 Å². The maximum atomic E-state index is 13.6. The lowest BCUT2D eigenvalue weighted by molar-refractivity contribution is -0.114. The Hall–Kier alpha value is -3.09. The molecule has 7 heteroatoms. The molecule has 2 aromatic carbocycles. The van der Waals surface area contributed by atoms with Crippen LogP contribution in [-0.2, 0) is 11.2 Å². The number of benzene rings is 2. The molecule has 0 fully saturated rings. The number of amides is 3. The summed E-state index contributed by atoms with van der Waals surface area (Å²) in [6, 6.07) is 9.20. The summed E-state index contributed by atoms with van der Waals surface area (Å²) < 4.78 is 18.8. The highest BCUT2D eigenvalue weighted by Gasteiger charge is 2.28. The number of rotatable bonds is 3. The largest absolute Gasteiger partial charge is 0.495 e. The predicted molar refractivity (Wildman–Crippen MR) is 102 cm³/mol. The fourth-order valence-corrected chi connectivity index (χ4v) is 3.33. The monoisotopic (exact) mass is 371 g/mol. The average Bonchev–Trinajstić information content (AvgIpc) is 2.62. The standard InChI is InChI=1S/C20H22FN3O3/c1-12-17-10-15(21)5-4-14(17)8-9-24(12)20(26)23-16-6-7-19(27-3)18(11-16)22-13(2)25/h4-7,10-12H,8-9H2,1-3H3,(H,22,25)(H,23,26)/t12-/m1/s1. The summed E-state index contributed by atoms with van der Waals surface area (Å²) in [5.74, 6) is -0.0445. The number of halogens is 1. The zero-order valence-electron chi connectivity index (χ0n) is 15.5. The van der Waals surface area contributed by atoms with Gasteiger partial charge in [0.25, 0.3) is 0 Å². The van der Waals surface area contributed by atoms with Crippen molar-refractivity contribution in [3.63, 3.8) is 0 Å². The molecule has 1 atom stereocenters. The van der Waals surface area contributed by atoms with Crippen molar-refractivity contribution in [1.82, 2.24) is 4.90 Å². The van der Waals surface area contributed by atoms with Crippen LogP contribution >= 0.6 is 0 Å². The topological polar surface area (TPSA) is 70.7 Å². The van der Waals surface area contributed by atoms with Crippen LogP contribution in [0.15, 0.2) is 36.4 Å². The number of fused-ring (bicyclic) bond motifs is 1. The number of nitrogens with zero attached hydrogens (tertiary/aromatic N) is 1. The zero-order valence-corrected chi connectivity index (χ0v) is 15.5. The third kappa shape index (κ3) is 4.02. The summed E-state index contributed by atoms with van der Waals surface area (Å²) in [5, 5.41) is 5.51. The minimum absolute atomic E-state index is 0.236. The summed E-state index contributed by atoms with van der Waals surface area (Å²) in [7, 11) is 1.50. The van der Waals surface area contributed by atoms with Gasteiger partial charge in [-0.15, -0.1) is 0 Å². The Morgan fingerprint density at radius 1 is 1.19 bits per heavy atom. The first-order valence-corrected chi connectivity index (χ1v) is 8.70. The van der Waals surface area contributed by atoms with Gasteiger partial charge < -0.3 is 20.3 Å². The van der Waals surface area contributed by atoms with Gasteiger partial charge in [0.1, 0.15) is 11.6 Å². The van der Waals surface area contributed by atoms with Gasteiger partial charge >= 0.3 is 6.03 Å². The molecule has 1 aliphatic heterocycles. The van der Waals surface area contributed by atoms with Gasteiger partial charge in [0.15, 0.2) is 0 Å². The van der Waals surface area contributed by atoms with Gasteiger partial charge in [-0.05, 0) is 54.8 Å². The third-order valence-corrected chi connectivity index (χ3v) is 4.67. The molecular formula is C20H22FN3O3. The fourth-order valence-electron chi connectivity index (χ4n) is 3.33. The Morgan fingerprint density at radius 3 is 2.67 bits per heavy atom. The number of carbonyl (C=O) groups is 2. The molecule has 27 heavy (non-hydrogen) atoms. The van der Waals surface area contributed by atoms with E-state index in [9.17, 15) is 14.0 Å². The van der Waals surface area contributed by atoms with Crippen molar-refractivity contribution in [2.45, 2.75) is 26.3 Å². The normalized spacial score (nSPS) is 15.7. The Balaban J connectivity index is 1.78. The quantitative estimate of drug-likeness (QED) is 0.858. The molecule has 0 saturated heterocycles. The van der Waals surface area contributed by atoms with Gasteiger partial charge in [0, 0.05) is 19.2 Å². The highest BCUT2D eigenvalue weighted by atomic mass is 19.1. The van der Waals surface area contributed by atoms with Crippen molar-refractivity contribution in [2.24, 2.45) is 0 Å². The van der Waals surface area contributed by atoms with Crippen LogP contribution in [0.25, 0.3) is 0 Å². The molecule has 0 saturated carbocycles. The van der Waals surface area contributed by atoms with E-state index in [2.05, 4.69) is 10.6 Å². The number of ether oxygens (including phenoxy) is 1. The van der Waals surface area contributed by atoms with Gasteiger partial charge in [-0.25, -0.2) is 9.18 Å². The summed E-state index contributed by atoms with van der Waals surface area (Å²) in [6.07, 6.45) is 0.674. The molecule has 1 heterocycles. The first-order chi connectivity index (χ1) is 12.9. The molecule has 6 nitrogen and oxygen atoms in total. The van der Waals surface area contributed by atoms with Gasteiger partial charge in [-0.3, -0.25) is 4.79 Å². The van der Waals surface area contributed by atoms with Crippen molar-refractivity contribution in [2.75, 3.05) is 24.3 Å². The second-order valence-electron chi connectivity index (χ2n) is 6.49. The smallest absolute Gasteiger partial charge is 0.322 e. The molecule has 0 spiro atoms. The van der Waals surface area contributed by atoms with Crippen molar-refractivity contribution < 1.29 is 18.7 Å². The predicted octanol–water partition coefficient (Wildman–Crippen LogP) is 3.94. The number of hydrogen-bond acceptors (Lipinski definition) is 3. The number of hydrogen-bond donors (Lipinski definition) is 2. The number of methoxy groups -OCH3 is 1. The molecule has 1 aliphatic rings. The summed E-state index contributed by atoms with van der Waals surface area (Å²) in [6.45, 7) is 3.82. The Kier molecular flexibility index (Phi) is 5.30. The Bertz CT molecular complexity index is 885. The summed E-state index contributed by atoms with van der Waals surface area (Å²) in [4.78, 5) is 25.8. The number of nitrogens with one attached hydrogen (secondary N) is 2. The number of anilines is 2. The maximum absolute atomic E-state index is 13.6. The van der Waals surface area contributed by atoms with Crippen LogP contribution in [0.1, 0.15) is 31.0 Å². The van der Waals surface area contributed by atoms with E-state index in [1.54, 1.807) is 29.2 Å². The lowest BCUT2D eigenvalue weighted by Crippen LogP contribution is -2.41. The van der Waals surface area contributed by atoms with Crippen LogP contribution in [0.4, 0.5) is 20.6 Å². The average molecular weight is 371 g/mol. The number of urea groups is 1. The van der Waals surface area contributed by atoms with Crippen LogP contribution < -0.4 is 15.4 Å². The van der Waals surface area contributed by atoms with Crippen LogP contribution in [0.2, 0.25) is 0 Å². The Morgan fingerprint density at radius 2 is 1.96 bits per heavy atom. The van der Waals surface area contributed by atoms with E-state index in [1.807, 2.05) is 6.92 Å². The first kappa shape index (κ1) is 18.7. The lowest BCUT2D eigenvalue weighted by atomic mass is 9.94. The molecule has 0 bridgehead atoms. The van der Waals surface area contributed by atoms with Crippen molar-refractivity contribution in [3.8, 4) is 5.75 Å². The van der Waals surface area contributed by atoms with E-state index in [-0.39, 0.29) is 23.8 Å². The molecule has 0 radical (unpaired) electrons. The van der Waals surface area contributed by atoms with Gasteiger partial charge in [-0.2, -0.15) is 0 Å². The molecule has 142 valence electrons. The van der Waals surface area contributed by atoms with Crippen molar-refractivity contribution in [3.05, 3.63) is 53.3 Å². The molecule has 2 aromatic rings. The highest BCUT2D eigenvalue weighted by molar-refractivity contribution is 5.94. The highest BCUT2D eigenvalue weighted by Crippen LogP contribution is 2.32. The van der Waals surface area contributed by atoms with Gasteiger partial charge in [0.05, 0.1) is 18.8 Å².